The SMILES string of the molecule is O[C@@H]1C[C@H]2CC[C@@H](C1)N2[C@H]1CCOC1. The van der Waals surface area contributed by atoms with E-state index in [-0.39, 0.29) is 6.10 Å². The molecule has 3 saturated heterocycles. The van der Waals surface area contributed by atoms with Crippen molar-refractivity contribution in [3.63, 3.8) is 0 Å². The Morgan fingerprint density at radius 3 is 2.29 bits per heavy atom. The van der Waals surface area contributed by atoms with E-state index in [9.17, 15) is 5.11 Å². The summed E-state index contributed by atoms with van der Waals surface area (Å²) >= 11 is 0. The molecule has 3 aliphatic heterocycles. The fraction of sp³-hybridized carbons (Fsp3) is 1.00. The summed E-state index contributed by atoms with van der Waals surface area (Å²) < 4.78 is 5.46. The minimum absolute atomic E-state index is 0.0360. The highest BCUT2D eigenvalue weighted by atomic mass is 16.5. The predicted molar refractivity (Wildman–Crippen MR) is 53.1 cm³/mol. The van der Waals surface area contributed by atoms with E-state index < -0.39 is 0 Å². The number of hydrogen-bond acceptors (Lipinski definition) is 3. The van der Waals surface area contributed by atoms with Gasteiger partial charge in [0.05, 0.1) is 12.7 Å². The third-order valence-electron chi connectivity index (χ3n) is 4.09. The topological polar surface area (TPSA) is 32.7 Å². The zero-order valence-corrected chi connectivity index (χ0v) is 8.56. The number of fused-ring (bicyclic) bond motifs is 2. The lowest BCUT2D eigenvalue weighted by molar-refractivity contribution is 0.00750. The fourth-order valence-corrected chi connectivity index (χ4v) is 3.54. The van der Waals surface area contributed by atoms with Crippen molar-refractivity contribution in [2.75, 3.05) is 13.2 Å². The predicted octanol–water partition coefficient (Wildman–Crippen LogP) is 0.763. The lowest BCUT2D eigenvalue weighted by Gasteiger charge is -2.40. The van der Waals surface area contributed by atoms with Gasteiger partial charge in [0.2, 0.25) is 0 Å². The van der Waals surface area contributed by atoms with Crippen LogP contribution in [0.3, 0.4) is 0 Å². The Bertz CT molecular complexity index is 201. The molecule has 3 fully saturated rings. The molecule has 4 atom stereocenters. The van der Waals surface area contributed by atoms with E-state index in [4.69, 9.17) is 4.74 Å². The van der Waals surface area contributed by atoms with Crippen LogP contribution in [0.5, 0.6) is 0 Å². The average molecular weight is 197 g/mol. The van der Waals surface area contributed by atoms with Crippen LogP contribution in [0.4, 0.5) is 0 Å². The minimum atomic E-state index is -0.0360. The van der Waals surface area contributed by atoms with Crippen LogP contribution in [0.25, 0.3) is 0 Å². The molecule has 0 amide bonds. The van der Waals surface area contributed by atoms with E-state index >= 15 is 0 Å². The molecule has 1 N–H and O–H groups in total. The summed E-state index contributed by atoms with van der Waals surface area (Å²) in [7, 11) is 0. The first-order valence-electron chi connectivity index (χ1n) is 5.88. The van der Waals surface area contributed by atoms with Crippen molar-refractivity contribution in [3.05, 3.63) is 0 Å². The summed E-state index contributed by atoms with van der Waals surface area (Å²) in [4.78, 5) is 2.65. The quantitative estimate of drug-likeness (QED) is 0.673. The van der Waals surface area contributed by atoms with E-state index in [2.05, 4.69) is 4.90 Å². The summed E-state index contributed by atoms with van der Waals surface area (Å²) in [5.41, 5.74) is 0. The Hall–Kier alpha value is -0.120. The Kier molecular flexibility index (Phi) is 2.26. The molecule has 0 saturated carbocycles. The minimum Gasteiger partial charge on any atom is -0.393 e. The number of piperidine rings is 1. The second kappa shape index (κ2) is 3.47. The number of ether oxygens (including phenoxy) is 1. The van der Waals surface area contributed by atoms with E-state index in [0.29, 0.717) is 18.1 Å². The number of nitrogens with zero attached hydrogens (tertiary/aromatic N) is 1. The zero-order valence-electron chi connectivity index (χ0n) is 8.56. The maximum atomic E-state index is 9.69. The molecule has 14 heavy (non-hydrogen) atoms. The van der Waals surface area contributed by atoms with Crippen LogP contribution in [0, 0.1) is 0 Å². The molecular formula is C11H19NO2. The average Bonchev–Trinajstić information content (AvgIpc) is 2.72. The highest BCUT2D eigenvalue weighted by Crippen LogP contribution is 2.38. The fourth-order valence-electron chi connectivity index (χ4n) is 3.54. The van der Waals surface area contributed by atoms with Gasteiger partial charge in [0.15, 0.2) is 0 Å². The molecule has 2 bridgehead atoms. The highest BCUT2D eigenvalue weighted by molar-refractivity contribution is 4.98. The summed E-state index contributed by atoms with van der Waals surface area (Å²) in [5, 5.41) is 9.69. The molecule has 0 radical (unpaired) electrons. The Balaban J connectivity index is 1.74. The van der Waals surface area contributed by atoms with Crippen molar-refractivity contribution < 1.29 is 9.84 Å². The van der Waals surface area contributed by atoms with Crippen LogP contribution in [0.15, 0.2) is 0 Å². The molecule has 3 aliphatic rings. The summed E-state index contributed by atoms with van der Waals surface area (Å²) in [6.45, 7) is 1.85. The number of hydrogen-bond donors (Lipinski definition) is 1. The second-order valence-electron chi connectivity index (χ2n) is 4.97. The molecule has 0 aromatic rings. The van der Waals surface area contributed by atoms with Gasteiger partial charge >= 0.3 is 0 Å². The summed E-state index contributed by atoms with van der Waals surface area (Å²) in [6, 6.07) is 1.95. The first-order valence-corrected chi connectivity index (χ1v) is 5.88. The van der Waals surface area contributed by atoms with Gasteiger partial charge in [-0.1, -0.05) is 0 Å². The molecule has 3 heteroatoms. The Labute approximate surface area is 85.0 Å². The maximum absolute atomic E-state index is 9.69. The van der Waals surface area contributed by atoms with E-state index in [1.165, 1.54) is 19.3 Å². The second-order valence-corrected chi connectivity index (χ2v) is 4.97. The molecule has 0 spiro atoms. The Morgan fingerprint density at radius 1 is 1.00 bits per heavy atom. The summed E-state index contributed by atoms with van der Waals surface area (Å²) in [6.07, 6.45) is 5.73. The van der Waals surface area contributed by atoms with Gasteiger partial charge in [-0.2, -0.15) is 0 Å². The van der Waals surface area contributed by atoms with Crippen LogP contribution in [0.2, 0.25) is 0 Å². The smallest absolute Gasteiger partial charge is 0.0622 e. The number of aliphatic hydroxyl groups is 1. The molecule has 80 valence electrons. The van der Waals surface area contributed by atoms with Gasteiger partial charge in [-0.25, -0.2) is 0 Å². The molecule has 3 nitrogen and oxygen atoms in total. The van der Waals surface area contributed by atoms with Crippen LogP contribution < -0.4 is 0 Å². The van der Waals surface area contributed by atoms with Crippen LogP contribution in [0.1, 0.15) is 32.1 Å². The van der Waals surface area contributed by atoms with Gasteiger partial charge < -0.3 is 9.84 Å². The molecular weight excluding hydrogens is 178 g/mol. The molecule has 0 aliphatic carbocycles. The normalized spacial score (nSPS) is 48.6. The molecule has 0 aromatic carbocycles. The zero-order chi connectivity index (χ0) is 9.54. The van der Waals surface area contributed by atoms with Crippen molar-refractivity contribution in [1.82, 2.24) is 4.90 Å². The van der Waals surface area contributed by atoms with Crippen molar-refractivity contribution >= 4 is 0 Å². The van der Waals surface area contributed by atoms with Crippen LogP contribution >= 0.6 is 0 Å². The highest BCUT2D eigenvalue weighted by Gasteiger charge is 2.44. The van der Waals surface area contributed by atoms with Gasteiger partial charge in [0, 0.05) is 24.7 Å². The van der Waals surface area contributed by atoms with Gasteiger partial charge in [0.25, 0.3) is 0 Å². The first-order chi connectivity index (χ1) is 6.84. The lowest BCUT2D eigenvalue weighted by atomic mass is 9.97. The van der Waals surface area contributed by atoms with Gasteiger partial charge in [0.1, 0.15) is 0 Å². The maximum Gasteiger partial charge on any atom is 0.0622 e. The monoisotopic (exact) mass is 197 g/mol. The molecule has 3 heterocycles. The van der Waals surface area contributed by atoms with Crippen LogP contribution in [-0.2, 0) is 4.74 Å². The van der Waals surface area contributed by atoms with Crippen molar-refractivity contribution in [3.8, 4) is 0 Å². The van der Waals surface area contributed by atoms with Gasteiger partial charge in [-0.15, -0.1) is 0 Å². The standard InChI is InChI=1S/C11H19NO2/c13-11-5-8-1-2-9(6-11)12(8)10-3-4-14-7-10/h8-11,13H,1-7H2/t8-,9+,10-,11-/m0/s1. The first kappa shape index (κ1) is 9.13. The number of rotatable bonds is 1. The molecule has 3 rings (SSSR count). The van der Waals surface area contributed by atoms with Gasteiger partial charge in [-0.3, -0.25) is 4.90 Å². The number of aliphatic hydroxyl groups excluding tert-OH is 1. The van der Waals surface area contributed by atoms with Crippen molar-refractivity contribution in [2.45, 2.75) is 56.3 Å². The van der Waals surface area contributed by atoms with Crippen molar-refractivity contribution in [2.24, 2.45) is 0 Å². The van der Waals surface area contributed by atoms with E-state index in [1.54, 1.807) is 0 Å². The lowest BCUT2D eigenvalue weighted by Crippen LogP contribution is -2.50. The Morgan fingerprint density at radius 2 is 1.71 bits per heavy atom. The largest absolute Gasteiger partial charge is 0.393 e. The van der Waals surface area contributed by atoms with E-state index in [0.717, 1.165) is 26.1 Å². The van der Waals surface area contributed by atoms with Gasteiger partial charge in [-0.05, 0) is 32.1 Å². The summed E-state index contributed by atoms with van der Waals surface area (Å²) in [5.74, 6) is 0. The molecule has 0 unspecified atom stereocenters. The van der Waals surface area contributed by atoms with Crippen molar-refractivity contribution in [1.29, 1.82) is 0 Å². The van der Waals surface area contributed by atoms with Crippen LogP contribution in [-0.4, -0.2) is 47.4 Å². The van der Waals surface area contributed by atoms with E-state index in [1.807, 2.05) is 0 Å². The third-order valence-corrected chi connectivity index (χ3v) is 4.09. The third kappa shape index (κ3) is 1.38. The molecule has 0 aromatic heterocycles.